The van der Waals surface area contributed by atoms with Gasteiger partial charge < -0.3 is 18.9 Å². The Morgan fingerprint density at radius 2 is 1.18 bits per heavy atom. The molecular formula is C19H26N6O8. The van der Waals surface area contributed by atoms with Crippen molar-refractivity contribution in [3.8, 4) is 0 Å². The minimum Gasteiger partial charge on any atom is -0.468 e. The number of aromatic nitrogens is 6. The molecule has 0 aliphatic heterocycles. The molecule has 0 spiro atoms. The smallest absolute Gasteiger partial charge is 0.327 e. The standard InChI is InChI=1S/C19H26N6O8/c1-5-32-15(26)11-24-9-13(20-22-24)7-19(17(28)30-3,18(29)31-4)8-14-10-25(23-21-14)12-16(27)33-6-2/h9-10H,5-8,11-12H2,1-4H3. The summed E-state index contributed by atoms with van der Waals surface area (Å²) >= 11 is 0. The summed E-state index contributed by atoms with van der Waals surface area (Å²) in [4.78, 5) is 48.9. The molecule has 0 aliphatic carbocycles. The van der Waals surface area contributed by atoms with Crippen LogP contribution < -0.4 is 0 Å². The van der Waals surface area contributed by atoms with Crippen LogP contribution in [0, 0.1) is 5.41 Å². The Hall–Kier alpha value is -3.84. The third-order valence-corrected chi connectivity index (χ3v) is 4.48. The molecule has 0 aliphatic rings. The third-order valence-electron chi connectivity index (χ3n) is 4.48. The van der Waals surface area contributed by atoms with Crippen LogP contribution in [0.4, 0.5) is 0 Å². The molecule has 0 aromatic carbocycles. The van der Waals surface area contributed by atoms with Crippen molar-refractivity contribution < 1.29 is 38.1 Å². The van der Waals surface area contributed by atoms with E-state index < -0.39 is 29.3 Å². The van der Waals surface area contributed by atoms with Crippen LogP contribution in [0.1, 0.15) is 25.2 Å². The van der Waals surface area contributed by atoms with Gasteiger partial charge in [-0.05, 0) is 13.8 Å². The average molecular weight is 466 g/mol. The zero-order valence-corrected chi connectivity index (χ0v) is 18.8. The second kappa shape index (κ2) is 11.7. The molecule has 0 bridgehead atoms. The number of ether oxygens (including phenoxy) is 4. The van der Waals surface area contributed by atoms with Crippen LogP contribution in [0.3, 0.4) is 0 Å². The quantitative estimate of drug-likeness (QED) is 0.215. The van der Waals surface area contributed by atoms with Crippen LogP contribution in [-0.2, 0) is 64.1 Å². The zero-order chi connectivity index (χ0) is 24.4. The van der Waals surface area contributed by atoms with Gasteiger partial charge in [-0.15, -0.1) is 10.2 Å². The van der Waals surface area contributed by atoms with Crippen LogP contribution >= 0.6 is 0 Å². The van der Waals surface area contributed by atoms with Gasteiger partial charge in [0.2, 0.25) is 0 Å². The highest BCUT2D eigenvalue weighted by atomic mass is 16.5. The van der Waals surface area contributed by atoms with Crippen LogP contribution in [0.2, 0.25) is 0 Å². The second-order valence-corrected chi connectivity index (χ2v) is 6.84. The molecule has 0 fully saturated rings. The molecule has 0 unspecified atom stereocenters. The van der Waals surface area contributed by atoms with Crippen molar-refractivity contribution in [3.63, 3.8) is 0 Å². The lowest BCUT2D eigenvalue weighted by molar-refractivity contribution is -0.169. The lowest BCUT2D eigenvalue weighted by atomic mass is 9.79. The number of hydrogen-bond donors (Lipinski definition) is 0. The van der Waals surface area contributed by atoms with Crippen molar-refractivity contribution in [2.45, 2.75) is 39.8 Å². The van der Waals surface area contributed by atoms with Crippen molar-refractivity contribution >= 4 is 23.9 Å². The van der Waals surface area contributed by atoms with Gasteiger partial charge in [0.15, 0.2) is 5.41 Å². The van der Waals surface area contributed by atoms with Crippen molar-refractivity contribution in [1.29, 1.82) is 0 Å². The van der Waals surface area contributed by atoms with Gasteiger partial charge in [-0.3, -0.25) is 19.2 Å². The van der Waals surface area contributed by atoms with Gasteiger partial charge in [0.05, 0.1) is 38.8 Å². The molecular weight excluding hydrogens is 440 g/mol. The topological polar surface area (TPSA) is 167 Å². The van der Waals surface area contributed by atoms with Crippen molar-refractivity contribution in [2.24, 2.45) is 5.41 Å². The molecule has 0 amide bonds. The molecule has 0 radical (unpaired) electrons. The molecule has 0 atom stereocenters. The number of hydrogen-bond acceptors (Lipinski definition) is 12. The van der Waals surface area contributed by atoms with Gasteiger partial charge in [0.25, 0.3) is 0 Å². The molecule has 14 nitrogen and oxygen atoms in total. The average Bonchev–Trinajstić information content (AvgIpc) is 3.41. The van der Waals surface area contributed by atoms with Crippen LogP contribution in [0.5, 0.6) is 0 Å². The molecule has 2 aromatic rings. The highest BCUT2D eigenvalue weighted by Crippen LogP contribution is 2.30. The summed E-state index contributed by atoms with van der Waals surface area (Å²) in [5.41, 5.74) is -1.40. The minimum atomic E-state index is -1.86. The summed E-state index contributed by atoms with van der Waals surface area (Å²) in [6.45, 7) is 3.40. The van der Waals surface area contributed by atoms with Crippen LogP contribution in [-0.4, -0.2) is 81.3 Å². The molecule has 180 valence electrons. The molecule has 0 saturated carbocycles. The van der Waals surface area contributed by atoms with Gasteiger partial charge in [-0.1, -0.05) is 10.4 Å². The van der Waals surface area contributed by atoms with E-state index in [0.29, 0.717) is 0 Å². The SMILES string of the molecule is CCOC(=O)Cn1cc(CC(Cc2cn(CC(=O)OCC)nn2)(C(=O)OC)C(=O)OC)nn1. The van der Waals surface area contributed by atoms with Crippen molar-refractivity contribution in [2.75, 3.05) is 27.4 Å². The van der Waals surface area contributed by atoms with Crippen LogP contribution in [0.15, 0.2) is 12.4 Å². The first-order valence-corrected chi connectivity index (χ1v) is 10.0. The first-order chi connectivity index (χ1) is 15.8. The molecule has 14 heteroatoms. The van der Waals surface area contributed by atoms with Gasteiger partial charge in [-0.25, -0.2) is 9.36 Å². The van der Waals surface area contributed by atoms with E-state index in [1.165, 1.54) is 21.8 Å². The van der Waals surface area contributed by atoms with E-state index >= 15 is 0 Å². The highest BCUT2D eigenvalue weighted by Gasteiger charge is 2.50. The fraction of sp³-hybridized carbons (Fsp3) is 0.579. The summed E-state index contributed by atoms with van der Waals surface area (Å²) in [7, 11) is 2.27. The molecule has 0 saturated heterocycles. The van der Waals surface area contributed by atoms with Gasteiger partial charge in [-0.2, -0.15) is 0 Å². The monoisotopic (exact) mass is 466 g/mol. The lowest BCUT2D eigenvalue weighted by Gasteiger charge is -2.26. The first kappa shape index (κ1) is 25.4. The lowest BCUT2D eigenvalue weighted by Crippen LogP contribution is -2.45. The minimum absolute atomic E-state index is 0.188. The van der Waals surface area contributed by atoms with E-state index in [-0.39, 0.29) is 50.5 Å². The predicted octanol–water partition coefficient (Wildman–Crippen LogP) is -0.887. The molecule has 2 rings (SSSR count). The maximum Gasteiger partial charge on any atom is 0.327 e. The van der Waals surface area contributed by atoms with Crippen LogP contribution in [0.25, 0.3) is 0 Å². The Bertz CT molecular complexity index is 906. The number of carbonyl (C=O) groups excluding carboxylic acids is 4. The van der Waals surface area contributed by atoms with E-state index in [2.05, 4.69) is 20.6 Å². The largest absolute Gasteiger partial charge is 0.468 e. The Morgan fingerprint density at radius 3 is 1.52 bits per heavy atom. The summed E-state index contributed by atoms with van der Waals surface area (Å²) in [6, 6.07) is 0. The molecule has 0 N–H and O–H groups in total. The maximum atomic E-state index is 12.8. The van der Waals surface area contributed by atoms with Crippen molar-refractivity contribution in [3.05, 3.63) is 23.8 Å². The molecule has 2 aromatic heterocycles. The van der Waals surface area contributed by atoms with E-state index in [1.807, 2.05) is 0 Å². The summed E-state index contributed by atoms with van der Waals surface area (Å²) in [5, 5.41) is 15.5. The number of carbonyl (C=O) groups is 4. The second-order valence-electron chi connectivity index (χ2n) is 6.84. The maximum absolute atomic E-state index is 12.8. The van der Waals surface area contributed by atoms with Crippen molar-refractivity contribution in [1.82, 2.24) is 30.0 Å². The van der Waals surface area contributed by atoms with E-state index in [0.717, 1.165) is 14.2 Å². The third kappa shape index (κ3) is 6.57. The Morgan fingerprint density at radius 1 is 0.788 bits per heavy atom. The van der Waals surface area contributed by atoms with Gasteiger partial charge in [0, 0.05) is 25.2 Å². The van der Waals surface area contributed by atoms with E-state index in [1.54, 1.807) is 13.8 Å². The first-order valence-electron chi connectivity index (χ1n) is 10.0. The van der Waals surface area contributed by atoms with Gasteiger partial charge in [0.1, 0.15) is 13.1 Å². The van der Waals surface area contributed by atoms with E-state index in [4.69, 9.17) is 18.9 Å². The number of rotatable bonds is 12. The summed E-state index contributed by atoms with van der Waals surface area (Å²) in [6.07, 6.45) is 2.32. The fourth-order valence-electron chi connectivity index (χ4n) is 3.12. The highest BCUT2D eigenvalue weighted by molar-refractivity contribution is 6.00. The molecule has 2 heterocycles. The van der Waals surface area contributed by atoms with Gasteiger partial charge >= 0.3 is 23.9 Å². The zero-order valence-electron chi connectivity index (χ0n) is 18.8. The number of nitrogens with zero attached hydrogens (tertiary/aromatic N) is 6. The Kier molecular flexibility index (Phi) is 9.00. The predicted molar refractivity (Wildman–Crippen MR) is 107 cm³/mol. The Balaban J connectivity index is 2.30. The molecule has 33 heavy (non-hydrogen) atoms. The Labute approximate surface area is 189 Å². The number of esters is 4. The van der Waals surface area contributed by atoms with E-state index in [9.17, 15) is 19.2 Å². The number of methoxy groups -OCH3 is 2. The normalized spacial score (nSPS) is 11.0. The summed E-state index contributed by atoms with van der Waals surface area (Å²) < 4.78 is 22.0. The summed E-state index contributed by atoms with van der Waals surface area (Å²) in [5.74, 6) is -2.79. The fourth-order valence-corrected chi connectivity index (χ4v) is 3.12.